The predicted octanol–water partition coefficient (Wildman–Crippen LogP) is 0.418. The van der Waals surface area contributed by atoms with Crippen LogP contribution in [0.25, 0.3) is 0 Å². The Hall–Kier alpha value is -1.85. The summed E-state index contributed by atoms with van der Waals surface area (Å²) in [5.41, 5.74) is -4.85. The first-order valence-corrected chi connectivity index (χ1v) is 5.70. The molecule has 1 aliphatic rings. The van der Waals surface area contributed by atoms with Gasteiger partial charge in [0.15, 0.2) is 5.78 Å². The minimum Gasteiger partial charge on any atom is -0.424 e. The van der Waals surface area contributed by atoms with Crippen LogP contribution in [0.2, 0.25) is 0 Å². The van der Waals surface area contributed by atoms with E-state index in [1.165, 1.54) is 0 Å². The molecule has 22 heavy (non-hydrogen) atoms. The summed E-state index contributed by atoms with van der Waals surface area (Å²) in [6.07, 6.45) is -12.9. The maximum absolute atomic E-state index is 12.6. The van der Waals surface area contributed by atoms with E-state index in [2.05, 4.69) is 4.74 Å². The molecular weight excluding hydrogens is 326 g/mol. The minimum absolute atomic E-state index is 0.629. The van der Waals surface area contributed by atoms with Crippen molar-refractivity contribution in [3.05, 3.63) is 0 Å². The number of ether oxygens (including phenoxy) is 1. The van der Waals surface area contributed by atoms with E-state index in [4.69, 9.17) is 0 Å². The molecule has 126 valence electrons. The fourth-order valence-electron chi connectivity index (χ4n) is 1.65. The third-order valence-electron chi connectivity index (χ3n) is 2.68. The number of carbonyl (C=O) groups excluding carboxylic acids is 3. The highest BCUT2D eigenvalue weighted by molar-refractivity contribution is 5.90. The molecule has 1 heterocycles. The van der Waals surface area contributed by atoms with Gasteiger partial charge in [-0.15, -0.1) is 0 Å². The van der Waals surface area contributed by atoms with Crippen LogP contribution in [0, 0.1) is 0 Å². The Morgan fingerprint density at radius 1 is 1.23 bits per heavy atom. The lowest BCUT2D eigenvalue weighted by atomic mass is 10.1. The number of cyclic esters (lactones) is 1. The maximum Gasteiger partial charge on any atom is 0.452 e. The number of nitrogens with one attached hydrogen (secondary N) is 2. The van der Waals surface area contributed by atoms with Crippen LogP contribution >= 0.6 is 0 Å². The molecule has 0 aromatic rings. The van der Waals surface area contributed by atoms with Crippen LogP contribution < -0.4 is 10.6 Å². The van der Waals surface area contributed by atoms with Crippen LogP contribution in [0.1, 0.15) is 13.3 Å². The normalized spacial score (nSPS) is 21.4. The summed E-state index contributed by atoms with van der Waals surface area (Å²) in [6, 6.07) is -2.12. The highest BCUT2D eigenvalue weighted by Crippen LogP contribution is 2.46. The smallest absolute Gasteiger partial charge is 0.424 e. The molecule has 6 nitrogen and oxygen atoms in total. The van der Waals surface area contributed by atoms with Crippen LogP contribution in [0.5, 0.6) is 0 Å². The standard InChI is InChI=1S/C10H10F6N2O4/c1-4(19)17-3-5(20)2-6-7(21)22-8(18-6,9(11,12)13)10(14,15)16/h6,18H,2-3H2,1H3,(H,17,19)/t6-/m0/s1. The van der Waals surface area contributed by atoms with Gasteiger partial charge in [-0.05, 0) is 0 Å². The first-order valence-electron chi connectivity index (χ1n) is 5.70. The topological polar surface area (TPSA) is 84.5 Å². The molecule has 1 rings (SSSR count). The molecular formula is C10H10F6N2O4. The zero-order valence-electron chi connectivity index (χ0n) is 10.9. The maximum atomic E-state index is 12.6. The molecule has 1 fully saturated rings. The van der Waals surface area contributed by atoms with Crippen molar-refractivity contribution < 1.29 is 45.5 Å². The quantitative estimate of drug-likeness (QED) is 0.574. The second kappa shape index (κ2) is 5.74. The highest BCUT2D eigenvalue weighted by atomic mass is 19.4. The van der Waals surface area contributed by atoms with Crippen molar-refractivity contribution in [3.8, 4) is 0 Å². The molecule has 0 unspecified atom stereocenters. The fraction of sp³-hybridized carbons (Fsp3) is 0.700. The van der Waals surface area contributed by atoms with Crippen molar-refractivity contribution in [1.82, 2.24) is 10.6 Å². The van der Waals surface area contributed by atoms with Crippen molar-refractivity contribution in [3.63, 3.8) is 0 Å². The molecule has 1 aliphatic heterocycles. The zero-order valence-corrected chi connectivity index (χ0v) is 10.9. The van der Waals surface area contributed by atoms with Gasteiger partial charge >= 0.3 is 24.0 Å². The van der Waals surface area contributed by atoms with Crippen LogP contribution in [0.4, 0.5) is 26.3 Å². The molecule has 0 saturated carbocycles. The van der Waals surface area contributed by atoms with E-state index in [0.29, 0.717) is 0 Å². The van der Waals surface area contributed by atoms with Crippen molar-refractivity contribution in [2.75, 3.05) is 6.54 Å². The van der Waals surface area contributed by atoms with Gasteiger partial charge in [-0.3, -0.25) is 19.7 Å². The molecule has 0 aliphatic carbocycles. The number of amides is 1. The first-order chi connectivity index (χ1) is 9.80. The number of Topliss-reactive ketones (excluding diaryl/α,β-unsaturated/α-hetero) is 1. The van der Waals surface area contributed by atoms with Gasteiger partial charge in [0.05, 0.1) is 6.54 Å². The van der Waals surface area contributed by atoms with Gasteiger partial charge in [-0.2, -0.15) is 26.3 Å². The molecule has 1 atom stereocenters. The van der Waals surface area contributed by atoms with E-state index in [1.807, 2.05) is 5.32 Å². The Balaban J connectivity index is 2.89. The van der Waals surface area contributed by atoms with Crippen LogP contribution in [-0.2, 0) is 19.1 Å². The molecule has 0 radical (unpaired) electrons. The molecule has 0 aromatic carbocycles. The lowest BCUT2D eigenvalue weighted by Crippen LogP contribution is -2.65. The van der Waals surface area contributed by atoms with Crippen molar-refractivity contribution in [1.29, 1.82) is 0 Å². The Morgan fingerprint density at radius 3 is 2.09 bits per heavy atom. The number of hydrogen-bond donors (Lipinski definition) is 2. The zero-order chi connectivity index (χ0) is 17.3. The summed E-state index contributed by atoms with van der Waals surface area (Å²) >= 11 is 0. The minimum atomic E-state index is -5.96. The van der Waals surface area contributed by atoms with E-state index >= 15 is 0 Å². The van der Waals surface area contributed by atoms with Gasteiger partial charge in [0, 0.05) is 13.3 Å². The highest BCUT2D eigenvalue weighted by Gasteiger charge is 2.78. The van der Waals surface area contributed by atoms with E-state index < -0.39 is 54.7 Å². The average molecular weight is 336 g/mol. The van der Waals surface area contributed by atoms with Gasteiger partial charge in [0.1, 0.15) is 6.04 Å². The monoisotopic (exact) mass is 336 g/mol. The molecule has 2 N–H and O–H groups in total. The van der Waals surface area contributed by atoms with Crippen LogP contribution in [0.15, 0.2) is 0 Å². The lowest BCUT2D eigenvalue weighted by molar-refractivity contribution is -0.369. The molecule has 0 bridgehead atoms. The third kappa shape index (κ3) is 3.48. The average Bonchev–Trinajstić information content (AvgIpc) is 2.64. The van der Waals surface area contributed by atoms with Crippen molar-refractivity contribution in [2.24, 2.45) is 0 Å². The lowest BCUT2D eigenvalue weighted by Gasteiger charge is -2.31. The van der Waals surface area contributed by atoms with Crippen molar-refractivity contribution >= 4 is 17.7 Å². The Kier molecular flexibility index (Phi) is 4.75. The number of halogens is 6. The Morgan fingerprint density at radius 2 is 1.73 bits per heavy atom. The summed E-state index contributed by atoms with van der Waals surface area (Å²) in [7, 11) is 0. The summed E-state index contributed by atoms with van der Waals surface area (Å²) in [5.74, 6) is -3.43. The Bertz CT molecular complexity index is 473. The number of carbonyl (C=O) groups is 3. The van der Waals surface area contributed by atoms with Gasteiger partial charge < -0.3 is 10.1 Å². The SMILES string of the molecule is CC(=O)NCC(=O)C[C@@H]1NC(C(F)(F)F)(C(F)(F)F)OC1=O. The molecule has 0 aromatic heterocycles. The fourth-order valence-corrected chi connectivity index (χ4v) is 1.65. The van der Waals surface area contributed by atoms with Crippen LogP contribution in [0.3, 0.4) is 0 Å². The largest absolute Gasteiger partial charge is 0.452 e. The summed E-state index contributed by atoms with van der Waals surface area (Å²) in [4.78, 5) is 33.1. The predicted molar refractivity (Wildman–Crippen MR) is 56.2 cm³/mol. The number of esters is 1. The summed E-state index contributed by atoms with van der Waals surface area (Å²) < 4.78 is 79.4. The van der Waals surface area contributed by atoms with Crippen LogP contribution in [-0.4, -0.2) is 48.3 Å². The van der Waals surface area contributed by atoms with E-state index in [1.54, 1.807) is 0 Å². The van der Waals surface area contributed by atoms with Gasteiger partial charge in [0.25, 0.3) is 0 Å². The molecule has 0 spiro atoms. The molecule has 1 amide bonds. The molecule has 1 saturated heterocycles. The van der Waals surface area contributed by atoms with Crippen molar-refractivity contribution in [2.45, 2.75) is 37.5 Å². The molecule has 12 heteroatoms. The second-order valence-electron chi connectivity index (χ2n) is 4.45. The van der Waals surface area contributed by atoms with Gasteiger partial charge in [-0.25, -0.2) is 0 Å². The van der Waals surface area contributed by atoms with E-state index in [-0.39, 0.29) is 0 Å². The number of ketones is 1. The number of hydrogen-bond acceptors (Lipinski definition) is 5. The first kappa shape index (κ1) is 18.2. The Labute approximate surface area is 119 Å². The summed E-state index contributed by atoms with van der Waals surface area (Å²) in [6.45, 7) is 0.416. The van der Waals surface area contributed by atoms with E-state index in [0.717, 1.165) is 12.2 Å². The van der Waals surface area contributed by atoms with Gasteiger partial charge in [-0.1, -0.05) is 0 Å². The summed E-state index contributed by atoms with van der Waals surface area (Å²) in [5, 5.41) is 3.00. The van der Waals surface area contributed by atoms with Gasteiger partial charge in [0.2, 0.25) is 5.91 Å². The van der Waals surface area contributed by atoms with E-state index in [9.17, 15) is 40.7 Å². The third-order valence-corrected chi connectivity index (χ3v) is 2.68. The number of alkyl halides is 6. The number of rotatable bonds is 4. The second-order valence-corrected chi connectivity index (χ2v) is 4.45.